The maximum Gasteiger partial charge on any atom is 0.314 e. The lowest BCUT2D eigenvalue weighted by Crippen LogP contribution is -2.42. The van der Waals surface area contributed by atoms with Crippen LogP contribution in [-0.4, -0.2) is 33.5 Å². The van der Waals surface area contributed by atoms with Gasteiger partial charge < -0.3 is 10.4 Å². The lowest BCUT2D eigenvalue weighted by Gasteiger charge is -2.38. The molecule has 2 aliphatic carbocycles. The van der Waals surface area contributed by atoms with Gasteiger partial charge in [0.2, 0.25) is 11.9 Å². The number of benzene rings is 1. The normalized spacial score (nSPS) is 24.4. The maximum atomic E-state index is 13.0. The van der Waals surface area contributed by atoms with Crippen molar-refractivity contribution in [2.75, 3.05) is 16.8 Å². The van der Waals surface area contributed by atoms with E-state index in [0.717, 1.165) is 30.5 Å². The van der Waals surface area contributed by atoms with E-state index in [1.165, 1.54) is 0 Å². The van der Waals surface area contributed by atoms with Gasteiger partial charge >= 0.3 is 5.97 Å². The van der Waals surface area contributed by atoms with Gasteiger partial charge in [-0.15, -0.1) is 0 Å². The Labute approximate surface area is 179 Å². The van der Waals surface area contributed by atoms with Crippen molar-refractivity contribution in [2.24, 2.45) is 11.3 Å². The molecule has 1 saturated heterocycles. The number of anilines is 3. The molecule has 1 atom stereocenters. The Morgan fingerprint density at radius 3 is 2.52 bits per heavy atom. The Hall–Kier alpha value is -3.47. The van der Waals surface area contributed by atoms with Crippen molar-refractivity contribution in [3.8, 4) is 6.07 Å². The van der Waals surface area contributed by atoms with E-state index >= 15 is 0 Å². The molecule has 31 heavy (non-hydrogen) atoms. The molecule has 1 aromatic carbocycles. The predicted molar refractivity (Wildman–Crippen MR) is 113 cm³/mol. The standard InChI is InChI=1S/C23H23N5O3/c24-14-23(16-2-3-16)11-13-28(19(23)29)18-8-12-25-21(27-18)26-17-6-4-15(5-7-17)22(20(30)31)9-1-10-22/h4-8,12,16H,1-3,9-11,13H2,(H,30,31)(H,25,26,27)/t23-/m1/s1. The van der Waals surface area contributed by atoms with Crippen molar-refractivity contribution in [2.45, 2.75) is 43.9 Å². The van der Waals surface area contributed by atoms with Gasteiger partial charge in [-0.25, -0.2) is 4.98 Å². The molecule has 1 aliphatic heterocycles. The van der Waals surface area contributed by atoms with E-state index in [0.29, 0.717) is 37.6 Å². The number of nitriles is 1. The van der Waals surface area contributed by atoms with E-state index in [1.54, 1.807) is 17.2 Å². The molecule has 0 radical (unpaired) electrons. The van der Waals surface area contributed by atoms with Crippen LogP contribution in [0, 0.1) is 22.7 Å². The van der Waals surface area contributed by atoms with Crippen LogP contribution >= 0.6 is 0 Å². The minimum Gasteiger partial charge on any atom is -0.481 e. The van der Waals surface area contributed by atoms with Gasteiger partial charge in [0.1, 0.15) is 11.2 Å². The predicted octanol–water partition coefficient (Wildman–Crippen LogP) is 3.38. The molecule has 3 fully saturated rings. The molecule has 0 spiro atoms. The Morgan fingerprint density at radius 2 is 1.94 bits per heavy atom. The summed E-state index contributed by atoms with van der Waals surface area (Å²) in [5, 5.41) is 22.4. The summed E-state index contributed by atoms with van der Waals surface area (Å²) in [5.41, 5.74) is -0.129. The quantitative estimate of drug-likeness (QED) is 0.739. The van der Waals surface area contributed by atoms with Gasteiger partial charge in [0.15, 0.2) is 0 Å². The van der Waals surface area contributed by atoms with Crippen molar-refractivity contribution in [1.29, 1.82) is 5.26 Å². The Bertz CT molecular complexity index is 1090. The highest BCUT2D eigenvalue weighted by molar-refractivity contribution is 6.01. The number of carbonyl (C=O) groups excluding carboxylic acids is 1. The number of carboxylic acid groups (broad SMARTS) is 1. The fraction of sp³-hybridized carbons (Fsp3) is 0.435. The lowest BCUT2D eigenvalue weighted by molar-refractivity contribution is -0.147. The van der Waals surface area contributed by atoms with Crippen LogP contribution in [0.15, 0.2) is 36.5 Å². The topological polar surface area (TPSA) is 119 Å². The van der Waals surface area contributed by atoms with Crippen LogP contribution < -0.4 is 10.2 Å². The smallest absolute Gasteiger partial charge is 0.314 e. The SMILES string of the molecule is N#C[C@@]1(C2CC2)CCN(c2ccnc(Nc3ccc(C4(C(=O)O)CCC4)cc3)n2)C1=O. The number of hydrogen-bond donors (Lipinski definition) is 2. The summed E-state index contributed by atoms with van der Waals surface area (Å²) in [6.07, 6.45) is 6.24. The van der Waals surface area contributed by atoms with Gasteiger partial charge in [-0.3, -0.25) is 14.5 Å². The Balaban J connectivity index is 1.33. The third-order valence-corrected chi connectivity index (χ3v) is 7.06. The van der Waals surface area contributed by atoms with Gasteiger partial charge in [-0.05, 0) is 61.8 Å². The summed E-state index contributed by atoms with van der Waals surface area (Å²) >= 11 is 0. The molecule has 2 N–H and O–H groups in total. The summed E-state index contributed by atoms with van der Waals surface area (Å²) in [7, 11) is 0. The molecular formula is C23H23N5O3. The molecule has 8 heteroatoms. The molecule has 3 aliphatic rings. The van der Waals surface area contributed by atoms with Gasteiger partial charge in [-0.1, -0.05) is 18.6 Å². The number of aliphatic carboxylic acids is 1. The third kappa shape index (κ3) is 3.03. The molecular weight excluding hydrogens is 394 g/mol. The zero-order valence-electron chi connectivity index (χ0n) is 17.0. The zero-order chi connectivity index (χ0) is 21.6. The van der Waals surface area contributed by atoms with E-state index in [9.17, 15) is 20.0 Å². The maximum absolute atomic E-state index is 13.0. The number of carboxylic acids is 1. The molecule has 0 unspecified atom stereocenters. The van der Waals surface area contributed by atoms with Crippen molar-refractivity contribution in [3.05, 3.63) is 42.1 Å². The van der Waals surface area contributed by atoms with Crippen LogP contribution in [0.1, 0.15) is 44.1 Å². The summed E-state index contributed by atoms with van der Waals surface area (Å²) in [5.74, 6) is 0.0563. The van der Waals surface area contributed by atoms with Gasteiger partial charge in [0, 0.05) is 18.4 Å². The number of hydrogen-bond acceptors (Lipinski definition) is 6. The van der Waals surface area contributed by atoms with Gasteiger partial charge in [-0.2, -0.15) is 10.2 Å². The second-order valence-electron chi connectivity index (χ2n) is 8.75. The molecule has 8 nitrogen and oxygen atoms in total. The lowest BCUT2D eigenvalue weighted by atomic mass is 9.64. The molecule has 0 bridgehead atoms. The number of carbonyl (C=O) groups is 2. The Kier molecular flexibility index (Phi) is 4.43. The van der Waals surface area contributed by atoms with Crippen LogP contribution in [0.5, 0.6) is 0 Å². The minimum atomic E-state index is -0.907. The molecule has 1 aromatic heterocycles. The Morgan fingerprint density at radius 1 is 1.19 bits per heavy atom. The highest BCUT2D eigenvalue weighted by Crippen LogP contribution is 2.51. The van der Waals surface area contributed by atoms with Gasteiger partial charge in [0.25, 0.3) is 0 Å². The van der Waals surface area contributed by atoms with E-state index < -0.39 is 16.8 Å². The first-order chi connectivity index (χ1) is 15.0. The first-order valence-electron chi connectivity index (χ1n) is 10.7. The highest BCUT2D eigenvalue weighted by atomic mass is 16.4. The van der Waals surface area contributed by atoms with Gasteiger partial charge in [0.05, 0.1) is 11.5 Å². The largest absolute Gasteiger partial charge is 0.481 e. The second-order valence-corrected chi connectivity index (χ2v) is 8.75. The van der Waals surface area contributed by atoms with E-state index in [1.807, 2.05) is 24.3 Å². The van der Waals surface area contributed by atoms with Crippen molar-refractivity contribution in [1.82, 2.24) is 9.97 Å². The van der Waals surface area contributed by atoms with Crippen molar-refractivity contribution >= 4 is 29.3 Å². The number of nitrogens with zero attached hydrogens (tertiary/aromatic N) is 4. The van der Waals surface area contributed by atoms with E-state index in [2.05, 4.69) is 21.4 Å². The number of rotatable bonds is 6. The summed E-state index contributed by atoms with van der Waals surface area (Å²) < 4.78 is 0. The highest BCUT2D eigenvalue weighted by Gasteiger charge is 2.57. The van der Waals surface area contributed by atoms with Crippen LogP contribution in [0.4, 0.5) is 17.5 Å². The minimum absolute atomic E-state index is 0.161. The number of amides is 1. The van der Waals surface area contributed by atoms with Crippen LogP contribution in [-0.2, 0) is 15.0 Å². The molecule has 2 saturated carbocycles. The first-order valence-corrected chi connectivity index (χ1v) is 10.7. The van der Waals surface area contributed by atoms with Crippen LogP contribution in [0.2, 0.25) is 0 Å². The van der Waals surface area contributed by atoms with Crippen LogP contribution in [0.25, 0.3) is 0 Å². The fourth-order valence-electron chi connectivity index (χ4n) is 4.82. The summed E-state index contributed by atoms with van der Waals surface area (Å²) in [4.78, 5) is 35.0. The zero-order valence-corrected chi connectivity index (χ0v) is 17.0. The average molecular weight is 417 g/mol. The summed E-state index contributed by atoms with van der Waals surface area (Å²) in [6.45, 7) is 0.477. The van der Waals surface area contributed by atoms with Crippen LogP contribution in [0.3, 0.4) is 0 Å². The van der Waals surface area contributed by atoms with Crippen molar-refractivity contribution in [3.63, 3.8) is 0 Å². The first kappa shape index (κ1) is 19.5. The average Bonchev–Trinajstić information content (AvgIpc) is 3.52. The number of nitrogens with one attached hydrogen (secondary N) is 1. The third-order valence-electron chi connectivity index (χ3n) is 7.06. The monoisotopic (exact) mass is 417 g/mol. The number of aromatic nitrogens is 2. The fourth-order valence-corrected chi connectivity index (χ4v) is 4.82. The molecule has 1 amide bonds. The van der Waals surface area contributed by atoms with Crippen molar-refractivity contribution < 1.29 is 14.7 Å². The van der Waals surface area contributed by atoms with E-state index in [4.69, 9.17) is 0 Å². The molecule has 158 valence electrons. The second kappa shape index (κ2) is 7.05. The molecule has 5 rings (SSSR count). The molecule has 2 aromatic rings. The molecule has 2 heterocycles. The van der Waals surface area contributed by atoms with E-state index in [-0.39, 0.29) is 11.8 Å². The summed E-state index contributed by atoms with van der Waals surface area (Å²) in [6, 6.07) is 11.3.